The molecule has 1 aromatic heterocycles. The number of thiophene rings is 1. The van der Waals surface area contributed by atoms with Crippen molar-refractivity contribution in [1.29, 1.82) is 0 Å². The molecule has 4 heteroatoms. The number of phenols is 1. The Hall–Kier alpha value is -0.740. The van der Waals surface area contributed by atoms with E-state index in [-0.39, 0.29) is 11.6 Å². The fraction of sp³-hybridized carbons (Fsp3) is 0.111. The van der Waals surface area contributed by atoms with Crippen molar-refractivity contribution in [2.45, 2.75) is 4.90 Å². The Labute approximate surface area is 83.2 Å². The monoisotopic (exact) mass is 214 g/mol. The van der Waals surface area contributed by atoms with Gasteiger partial charge in [-0.1, -0.05) is 0 Å². The highest BCUT2D eigenvalue weighted by atomic mass is 32.2. The highest BCUT2D eigenvalue weighted by Crippen LogP contribution is 2.36. The summed E-state index contributed by atoms with van der Waals surface area (Å²) in [7, 11) is 0. The van der Waals surface area contributed by atoms with Crippen molar-refractivity contribution in [3.8, 4) is 5.75 Å². The quantitative estimate of drug-likeness (QED) is 0.733. The summed E-state index contributed by atoms with van der Waals surface area (Å²) in [6, 6.07) is 3.11. The Bertz CT molecular complexity index is 450. The topological polar surface area (TPSA) is 20.2 Å². The highest BCUT2D eigenvalue weighted by molar-refractivity contribution is 7.99. The standard InChI is InChI=1S/C9H7FOS2/c1-12-8-3-5(11)2-6-7(10)4-13-9(6)8/h2-4,11H,1H3. The maximum Gasteiger partial charge on any atom is 0.141 e. The zero-order chi connectivity index (χ0) is 9.42. The first kappa shape index (κ1) is 8.84. The maximum atomic E-state index is 13.1. The fourth-order valence-corrected chi connectivity index (χ4v) is 2.95. The van der Waals surface area contributed by atoms with Crippen molar-refractivity contribution in [2.75, 3.05) is 6.26 Å². The molecule has 0 radical (unpaired) electrons. The Morgan fingerprint density at radius 2 is 2.23 bits per heavy atom. The molecule has 0 saturated heterocycles. The lowest BCUT2D eigenvalue weighted by Crippen LogP contribution is -1.73. The minimum absolute atomic E-state index is 0.120. The molecular weight excluding hydrogens is 207 g/mol. The van der Waals surface area contributed by atoms with Gasteiger partial charge in [0.15, 0.2) is 0 Å². The molecule has 0 aliphatic heterocycles. The molecule has 0 fully saturated rings. The fourth-order valence-electron chi connectivity index (χ4n) is 1.21. The molecule has 1 aromatic carbocycles. The molecular formula is C9H7FOS2. The van der Waals surface area contributed by atoms with Crippen molar-refractivity contribution in [3.05, 3.63) is 23.3 Å². The van der Waals surface area contributed by atoms with Gasteiger partial charge >= 0.3 is 0 Å². The zero-order valence-corrected chi connectivity index (χ0v) is 8.51. The van der Waals surface area contributed by atoms with E-state index in [0.717, 1.165) is 9.60 Å². The summed E-state index contributed by atoms with van der Waals surface area (Å²) >= 11 is 2.88. The first-order chi connectivity index (χ1) is 6.22. The number of phenolic OH excluding ortho intramolecular Hbond substituents is 1. The van der Waals surface area contributed by atoms with E-state index >= 15 is 0 Å². The summed E-state index contributed by atoms with van der Waals surface area (Å²) < 4.78 is 14.0. The summed E-state index contributed by atoms with van der Waals surface area (Å²) in [4.78, 5) is 0.920. The average molecular weight is 214 g/mol. The molecule has 0 spiro atoms. The number of halogens is 1. The molecule has 0 saturated carbocycles. The Morgan fingerprint density at radius 1 is 1.46 bits per heavy atom. The largest absolute Gasteiger partial charge is 0.508 e. The Morgan fingerprint density at radius 3 is 2.92 bits per heavy atom. The summed E-state index contributed by atoms with van der Waals surface area (Å²) in [5.41, 5.74) is 0. The molecule has 1 heterocycles. The van der Waals surface area contributed by atoms with Gasteiger partial charge in [-0.05, 0) is 18.4 Å². The first-order valence-corrected chi connectivity index (χ1v) is 5.76. The lowest BCUT2D eigenvalue weighted by molar-refractivity contribution is 0.474. The Balaban J connectivity index is 2.84. The van der Waals surface area contributed by atoms with Gasteiger partial charge in [0.25, 0.3) is 0 Å². The van der Waals surface area contributed by atoms with Crippen LogP contribution in [0.3, 0.4) is 0 Å². The normalized spacial score (nSPS) is 10.9. The van der Waals surface area contributed by atoms with Crippen LogP contribution in [-0.2, 0) is 0 Å². The van der Waals surface area contributed by atoms with Crippen LogP contribution in [0.4, 0.5) is 4.39 Å². The van der Waals surface area contributed by atoms with Gasteiger partial charge in [0, 0.05) is 15.7 Å². The minimum atomic E-state index is -0.258. The molecule has 1 nitrogen and oxygen atoms in total. The van der Waals surface area contributed by atoms with E-state index in [1.807, 2.05) is 6.26 Å². The van der Waals surface area contributed by atoms with Gasteiger partial charge in [0.2, 0.25) is 0 Å². The second-order valence-electron chi connectivity index (χ2n) is 2.61. The third-order valence-corrected chi connectivity index (χ3v) is 3.69. The number of fused-ring (bicyclic) bond motifs is 1. The van der Waals surface area contributed by atoms with Gasteiger partial charge in [0.1, 0.15) is 11.6 Å². The third-order valence-electron chi connectivity index (χ3n) is 1.80. The van der Waals surface area contributed by atoms with Gasteiger partial charge in [-0.2, -0.15) is 0 Å². The van der Waals surface area contributed by atoms with E-state index in [0.29, 0.717) is 5.39 Å². The molecule has 0 atom stereocenters. The maximum absolute atomic E-state index is 13.1. The average Bonchev–Trinajstić information content (AvgIpc) is 2.47. The number of hydrogen-bond acceptors (Lipinski definition) is 3. The number of thioether (sulfide) groups is 1. The smallest absolute Gasteiger partial charge is 0.141 e. The highest BCUT2D eigenvalue weighted by Gasteiger charge is 2.08. The van der Waals surface area contributed by atoms with Gasteiger partial charge in [-0.15, -0.1) is 23.1 Å². The van der Waals surface area contributed by atoms with E-state index in [2.05, 4.69) is 0 Å². The second kappa shape index (κ2) is 3.20. The van der Waals surface area contributed by atoms with Crippen LogP contribution in [0.2, 0.25) is 0 Å². The molecule has 1 N–H and O–H groups in total. The lowest BCUT2D eigenvalue weighted by atomic mass is 10.2. The summed E-state index contributed by atoms with van der Waals surface area (Å²) in [6.45, 7) is 0. The number of hydrogen-bond donors (Lipinski definition) is 1. The van der Waals surface area contributed by atoms with E-state index in [1.165, 1.54) is 34.5 Å². The van der Waals surface area contributed by atoms with Crippen LogP contribution in [0.15, 0.2) is 22.4 Å². The predicted molar refractivity (Wildman–Crippen MR) is 55.2 cm³/mol. The van der Waals surface area contributed by atoms with E-state index in [4.69, 9.17) is 0 Å². The molecule has 0 aliphatic carbocycles. The van der Waals surface area contributed by atoms with Crippen LogP contribution in [0.25, 0.3) is 10.1 Å². The van der Waals surface area contributed by atoms with Crippen LogP contribution in [0, 0.1) is 5.82 Å². The van der Waals surface area contributed by atoms with Crippen LogP contribution < -0.4 is 0 Å². The van der Waals surface area contributed by atoms with Crippen LogP contribution >= 0.6 is 23.1 Å². The van der Waals surface area contributed by atoms with E-state index < -0.39 is 0 Å². The van der Waals surface area contributed by atoms with Gasteiger partial charge in [-0.25, -0.2) is 4.39 Å². The lowest BCUT2D eigenvalue weighted by Gasteiger charge is -1.99. The van der Waals surface area contributed by atoms with Crippen molar-refractivity contribution in [1.82, 2.24) is 0 Å². The zero-order valence-electron chi connectivity index (χ0n) is 6.87. The van der Waals surface area contributed by atoms with Crippen LogP contribution in [-0.4, -0.2) is 11.4 Å². The van der Waals surface area contributed by atoms with Gasteiger partial charge in [-0.3, -0.25) is 0 Å². The molecule has 0 amide bonds. The molecule has 0 bridgehead atoms. The van der Waals surface area contributed by atoms with E-state index in [1.54, 1.807) is 6.07 Å². The summed E-state index contributed by atoms with van der Waals surface area (Å²) in [6.07, 6.45) is 1.91. The third kappa shape index (κ3) is 1.40. The van der Waals surface area contributed by atoms with Crippen LogP contribution in [0.1, 0.15) is 0 Å². The predicted octanol–water partition coefficient (Wildman–Crippen LogP) is 3.47. The van der Waals surface area contributed by atoms with Crippen molar-refractivity contribution < 1.29 is 9.50 Å². The number of aromatic hydroxyl groups is 1. The SMILES string of the molecule is CSc1cc(O)cc2c(F)csc12. The van der Waals surface area contributed by atoms with Gasteiger partial charge in [0.05, 0.1) is 4.70 Å². The second-order valence-corrected chi connectivity index (χ2v) is 4.34. The first-order valence-electron chi connectivity index (χ1n) is 3.66. The summed E-state index contributed by atoms with van der Waals surface area (Å²) in [5.74, 6) is -0.139. The molecule has 13 heavy (non-hydrogen) atoms. The van der Waals surface area contributed by atoms with Crippen molar-refractivity contribution in [2.24, 2.45) is 0 Å². The van der Waals surface area contributed by atoms with Crippen molar-refractivity contribution >= 4 is 33.2 Å². The molecule has 2 rings (SSSR count). The van der Waals surface area contributed by atoms with E-state index in [9.17, 15) is 9.50 Å². The summed E-state index contributed by atoms with van der Waals surface area (Å²) in [5, 5.41) is 11.3. The molecule has 0 aliphatic rings. The Kier molecular flexibility index (Phi) is 2.17. The van der Waals surface area contributed by atoms with Crippen molar-refractivity contribution in [3.63, 3.8) is 0 Å². The number of benzene rings is 1. The molecule has 0 unspecified atom stereocenters. The molecule has 2 aromatic rings. The minimum Gasteiger partial charge on any atom is -0.508 e. The van der Waals surface area contributed by atoms with Gasteiger partial charge < -0.3 is 5.11 Å². The number of rotatable bonds is 1. The van der Waals surface area contributed by atoms with Crippen LogP contribution in [0.5, 0.6) is 5.75 Å². The molecule has 68 valence electrons.